The fourth-order valence-corrected chi connectivity index (χ4v) is 3.07. The molecule has 2 aromatic carbocycles. The molecule has 152 valence electrons. The minimum Gasteiger partial charge on any atom is -0.497 e. The number of carbonyl (C=O) groups is 1. The maximum Gasteiger partial charge on any atom is 0.323 e. The van der Waals surface area contributed by atoms with Gasteiger partial charge in [-0.25, -0.2) is 4.79 Å². The van der Waals surface area contributed by atoms with E-state index in [0.717, 1.165) is 17.0 Å². The molecular weight excluding hydrogens is 368 g/mol. The van der Waals surface area contributed by atoms with Crippen molar-refractivity contribution in [3.05, 3.63) is 65.0 Å². The van der Waals surface area contributed by atoms with Gasteiger partial charge in [-0.05, 0) is 38.5 Å². The summed E-state index contributed by atoms with van der Waals surface area (Å²) in [4.78, 5) is 12.6. The molecule has 29 heavy (non-hydrogen) atoms. The Morgan fingerprint density at radius 2 is 1.72 bits per heavy atom. The van der Waals surface area contributed by atoms with Crippen molar-refractivity contribution in [2.24, 2.45) is 0 Å². The van der Waals surface area contributed by atoms with Gasteiger partial charge >= 0.3 is 6.03 Å². The van der Waals surface area contributed by atoms with Crippen LogP contribution in [-0.2, 0) is 6.54 Å². The highest BCUT2D eigenvalue weighted by molar-refractivity contribution is 6.01. The predicted octanol–water partition coefficient (Wildman–Crippen LogP) is 4.52. The Hall–Kier alpha value is -3.48. The highest BCUT2D eigenvalue weighted by Crippen LogP contribution is 2.29. The topological polar surface area (TPSA) is 77.4 Å². The Bertz CT molecular complexity index is 1010. The van der Waals surface area contributed by atoms with Crippen LogP contribution in [0.15, 0.2) is 42.5 Å². The summed E-state index contributed by atoms with van der Waals surface area (Å²) in [5, 5.41) is 10.3. The van der Waals surface area contributed by atoms with Gasteiger partial charge in [0.05, 0.1) is 43.5 Å². The number of rotatable bonds is 6. The molecule has 0 bridgehead atoms. The highest BCUT2D eigenvalue weighted by Gasteiger charge is 2.16. The second-order valence-corrected chi connectivity index (χ2v) is 6.83. The summed E-state index contributed by atoms with van der Waals surface area (Å²) in [5.74, 6) is 1.17. The van der Waals surface area contributed by atoms with E-state index < -0.39 is 0 Å². The van der Waals surface area contributed by atoms with Crippen LogP contribution in [0.1, 0.15) is 22.5 Å². The van der Waals surface area contributed by atoms with E-state index in [-0.39, 0.29) is 6.03 Å². The quantitative estimate of drug-likeness (QED) is 0.644. The molecule has 7 nitrogen and oxygen atoms in total. The first kappa shape index (κ1) is 20.3. The van der Waals surface area contributed by atoms with E-state index in [0.29, 0.717) is 29.4 Å². The van der Waals surface area contributed by atoms with Crippen molar-refractivity contribution >= 4 is 17.4 Å². The van der Waals surface area contributed by atoms with Crippen LogP contribution in [0.2, 0.25) is 0 Å². The van der Waals surface area contributed by atoms with Gasteiger partial charge in [0.2, 0.25) is 0 Å². The summed E-state index contributed by atoms with van der Waals surface area (Å²) in [5.41, 5.74) is 5.26. The van der Waals surface area contributed by atoms with Crippen molar-refractivity contribution in [2.75, 3.05) is 24.9 Å². The predicted molar refractivity (Wildman–Crippen MR) is 114 cm³/mol. The summed E-state index contributed by atoms with van der Waals surface area (Å²) in [6.45, 7) is 6.52. The second-order valence-electron chi connectivity index (χ2n) is 6.83. The molecule has 0 spiro atoms. The average molecular weight is 394 g/mol. The largest absolute Gasteiger partial charge is 0.497 e. The van der Waals surface area contributed by atoms with Crippen LogP contribution >= 0.6 is 0 Å². The van der Waals surface area contributed by atoms with E-state index in [1.165, 1.54) is 5.56 Å². The van der Waals surface area contributed by atoms with Gasteiger partial charge in [0.15, 0.2) is 0 Å². The molecular formula is C22H26N4O3. The van der Waals surface area contributed by atoms with E-state index in [4.69, 9.17) is 9.47 Å². The number of hydrogen-bond acceptors (Lipinski definition) is 4. The number of ether oxygens (including phenoxy) is 2. The molecule has 0 saturated heterocycles. The minimum absolute atomic E-state index is 0.366. The van der Waals surface area contributed by atoms with Crippen molar-refractivity contribution in [2.45, 2.75) is 27.3 Å². The molecule has 0 atom stereocenters. The van der Waals surface area contributed by atoms with E-state index in [9.17, 15) is 4.79 Å². The third-order valence-corrected chi connectivity index (χ3v) is 4.73. The van der Waals surface area contributed by atoms with E-state index >= 15 is 0 Å². The number of hydrogen-bond donors (Lipinski definition) is 2. The van der Waals surface area contributed by atoms with Crippen LogP contribution in [-0.4, -0.2) is 30.0 Å². The third kappa shape index (κ3) is 4.68. The summed E-state index contributed by atoms with van der Waals surface area (Å²) in [6, 6.07) is 13.2. The van der Waals surface area contributed by atoms with E-state index in [1.54, 1.807) is 32.4 Å². The smallest absolute Gasteiger partial charge is 0.323 e. The zero-order valence-corrected chi connectivity index (χ0v) is 17.4. The lowest BCUT2D eigenvalue weighted by atomic mass is 10.1. The number of aromatic nitrogens is 2. The van der Waals surface area contributed by atoms with Gasteiger partial charge in [0.1, 0.15) is 11.5 Å². The van der Waals surface area contributed by atoms with Crippen molar-refractivity contribution < 1.29 is 14.3 Å². The fourth-order valence-electron chi connectivity index (χ4n) is 3.07. The molecule has 7 heteroatoms. The monoisotopic (exact) mass is 394 g/mol. The zero-order chi connectivity index (χ0) is 21.0. The molecule has 0 saturated carbocycles. The number of methoxy groups -OCH3 is 2. The first-order chi connectivity index (χ1) is 13.9. The number of amides is 2. The van der Waals surface area contributed by atoms with Crippen molar-refractivity contribution in [1.82, 2.24) is 9.78 Å². The average Bonchev–Trinajstić information content (AvgIpc) is 2.97. The van der Waals surface area contributed by atoms with Crippen LogP contribution in [0.4, 0.5) is 16.2 Å². The summed E-state index contributed by atoms with van der Waals surface area (Å²) >= 11 is 0. The number of carbonyl (C=O) groups excluding carboxylic acids is 1. The molecule has 0 unspecified atom stereocenters. The second kappa shape index (κ2) is 8.68. The molecule has 3 rings (SSSR count). The van der Waals surface area contributed by atoms with Crippen LogP contribution in [0.3, 0.4) is 0 Å². The fraction of sp³-hybridized carbons (Fsp3) is 0.273. The van der Waals surface area contributed by atoms with E-state index in [2.05, 4.69) is 46.9 Å². The molecule has 3 aromatic rings. The molecule has 0 aliphatic rings. The number of anilines is 2. The summed E-state index contributed by atoms with van der Waals surface area (Å²) < 4.78 is 12.4. The van der Waals surface area contributed by atoms with Crippen molar-refractivity contribution in [3.63, 3.8) is 0 Å². The summed E-state index contributed by atoms with van der Waals surface area (Å²) in [6.07, 6.45) is 0. The molecule has 1 heterocycles. The van der Waals surface area contributed by atoms with E-state index in [1.807, 2.05) is 18.5 Å². The summed E-state index contributed by atoms with van der Waals surface area (Å²) in [7, 11) is 3.12. The van der Waals surface area contributed by atoms with Crippen molar-refractivity contribution in [3.8, 4) is 11.5 Å². The van der Waals surface area contributed by atoms with Crippen LogP contribution in [0.5, 0.6) is 11.5 Å². The van der Waals surface area contributed by atoms with Gasteiger partial charge in [-0.1, -0.05) is 29.8 Å². The SMILES string of the molecule is COc1ccc(NC(=O)Nc2c(C)nn(Cc3ccc(C)cc3)c2C)c(OC)c1. The Balaban J connectivity index is 1.74. The van der Waals surface area contributed by atoms with Crippen LogP contribution in [0, 0.1) is 20.8 Å². The number of aryl methyl sites for hydroxylation is 2. The maximum absolute atomic E-state index is 12.6. The minimum atomic E-state index is -0.366. The van der Waals surface area contributed by atoms with Gasteiger partial charge in [-0.3, -0.25) is 4.68 Å². The Labute approximate surface area is 170 Å². The molecule has 2 N–H and O–H groups in total. The number of nitrogens with one attached hydrogen (secondary N) is 2. The number of urea groups is 1. The van der Waals surface area contributed by atoms with Crippen LogP contribution < -0.4 is 20.1 Å². The molecule has 0 radical (unpaired) electrons. The lowest BCUT2D eigenvalue weighted by Crippen LogP contribution is -2.20. The molecule has 2 amide bonds. The number of nitrogens with zero attached hydrogens (tertiary/aromatic N) is 2. The van der Waals surface area contributed by atoms with Gasteiger partial charge in [-0.15, -0.1) is 0 Å². The maximum atomic E-state index is 12.6. The molecule has 0 aliphatic heterocycles. The Morgan fingerprint density at radius 1 is 1.00 bits per heavy atom. The van der Waals surface area contributed by atoms with Gasteiger partial charge in [0.25, 0.3) is 0 Å². The van der Waals surface area contributed by atoms with Gasteiger partial charge in [-0.2, -0.15) is 5.10 Å². The molecule has 0 fully saturated rings. The van der Waals surface area contributed by atoms with Gasteiger partial charge in [0, 0.05) is 6.07 Å². The lowest BCUT2D eigenvalue weighted by Gasteiger charge is -2.12. The standard InChI is InChI=1S/C22H26N4O3/c1-14-6-8-17(9-7-14)13-26-16(3)21(15(2)25-26)24-22(27)23-19-11-10-18(28-4)12-20(19)29-5/h6-12H,13H2,1-5H3,(H2,23,24,27). The number of benzene rings is 2. The molecule has 1 aromatic heterocycles. The third-order valence-electron chi connectivity index (χ3n) is 4.73. The first-order valence-electron chi connectivity index (χ1n) is 9.31. The van der Waals surface area contributed by atoms with Crippen LogP contribution in [0.25, 0.3) is 0 Å². The normalized spacial score (nSPS) is 10.5. The molecule has 0 aliphatic carbocycles. The lowest BCUT2D eigenvalue weighted by molar-refractivity contribution is 0.262. The van der Waals surface area contributed by atoms with Crippen molar-refractivity contribution in [1.29, 1.82) is 0 Å². The zero-order valence-electron chi connectivity index (χ0n) is 17.4. The Kier molecular flexibility index (Phi) is 6.07. The Morgan fingerprint density at radius 3 is 2.38 bits per heavy atom. The van der Waals surface area contributed by atoms with Gasteiger partial charge < -0.3 is 20.1 Å². The highest BCUT2D eigenvalue weighted by atomic mass is 16.5. The first-order valence-corrected chi connectivity index (χ1v) is 9.31.